The SMILES string of the molecule is C=CCN(Cc1nccn1Cc1cccc(Cl)c1)C(=O)NCCC. The van der Waals surface area contributed by atoms with Crippen molar-refractivity contribution in [1.29, 1.82) is 0 Å². The minimum absolute atomic E-state index is 0.103. The number of hydrogen-bond donors (Lipinski definition) is 1. The molecule has 0 bridgehead atoms. The second-order valence-corrected chi connectivity index (χ2v) is 5.94. The third kappa shape index (κ3) is 5.13. The highest BCUT2D eigenvalue weighted by atomic mass is 35.5. The summed E-state index contributed by atoms with van der Waals surface area (Å²) in [5, 5.41) is 3.60. The van der Waals surface area contributed by atoms with E-state index < -0.39 is 0 Å². The Morgan fingerprint density at radius 3 is 3.04 bits per heavy atom. The van der Waals surface area contributed by atoms with Gasteiger partial charge in [-0.3, -0.25) is 0 Å². The number of amides is 2. The second-order valence-electron chi connectivity index (χ2n) is 5.50. The molecular formula is C18H23ClN4O. The zero-order valence-electron chi connectivity index (χ0n) is 13.9. The van der Waals surface area contributed by atoms with Crippen molar-refractivity contribution in [3.05, 3.63) is 65.7 Å². The van der Waals surface area contributed by atoms with Crippen molar-refractivity contribution in [2.45, 2.75) is 26.4 Å². The normalized spacial score (nSPS) is 10.4. The first-order valence-corrected chi connectivity index (χ1v) is 8.40. The number of nitrogens with one attached hydrogen (secondary N) is 1. The molecule has 0 fully saturated rings. The van der Waals surface area contributed by atoms with Gasteiger partial charge in [0.05, 0.1) is 6.54 Å². The number of rotatable bonds is 8. The number of imidazole rings is 1. The van der Waals surface area contributed by atoms with Gasteiger partial charge in [0, 0.05) is 37.1 Å². The van der Waals surface area contributed by atoms with Crippen LogP contribution in [0.4, 0.5) is 4.79 Å². The number of urea groups is 1. The number of aromatic nitrogens is 2. The van der Waals surface area contributed by atoms with Crippen molar-refractivity contribution >= 4 is 17.6 Å². The molecule has 0 saturated heterocycles. The molecule has 1 N–H and O–H groups in total. The van der Waals surface area contributed by atoms with E-state index in [-0.39, 0.29) is 6.03 Å². The summed E-state index contributed by atoms with van der Waals surface area (Å²) < 4.78 is 2.02. The Kier molecular flexibility index (Phi) is 6.88. The fraction of sp³-hybridized carbons (Fsp3) is 0.333. The fourth-order valence-electron chi connectivity index (χ4n) is 2.36. The Labute approximate surface area is 147 Å². The van der Waals surface area contributed by atoms with Gasteiger partial charge in [0.1, 0.15) is 5.82 Å². The summed E-state index contributed by atoms with van der Waals surface area (Å²) in [6.07, 6.45) is 6.27. The van der Waals surface area contributed by atoms with Gasteiger partial charge in [-0.25, -0.2) is 9.78 Å². The van der Waals surface area contributed by atoms with Gasteiger partial charge in [-0.1, -0.05) is 36.7 Å². The van der Waals surface area contributed by atoms with Gasteiger partial charge in [0.2, 0.25) is 0 Å². The van der Waals surface area contributed by atoms with Crippen LogP contribution in [0, 0.1) is 0 Å². The summed E-state index contributed by atoms with van der Waals surface area (Å²) in [7, 11) is 0. The highest BCUT2D eigenvalue weighted by molar-refractivity contribution is 6.30. The standard InChI is InChI=1S/C18H23ClN4O/c1-3-8-21-18(24)23(10-4-2)14-17-20-9-11-22(17)13-15-6-5-7-16(19)12-15/h4-7,9,11-12H,2-3,8,10,13-14H2,1H3,(H,21,24). The van der Waals surface area contributed by atoms with Gasteiger partial charge in [0.15, 0.2) is 0 Å². The Bertz CT molecular complexity index is 683. The van der Waals surface area contributed by atoms with Crippen LogP contribution in [0.5, 0.6) is 0 Å². The van der Waals surface area contributed by atoms with E-state index >= 15 is 0 Å². The second kappa shape index (κ2) is 9.13. The minimum atomic E-state index is -0.103. The summed E-state index contributed by atoms with van der Waals surface area (Å²) in [6.45, 7) is 7.97. The predicted molar refractivity (Wildman–Crippen MR) is 97.1 cm³/mol. The molecule has 0 unspecified atom stereocenters. The molecule has 1 aromatic heterocycles. The lowest BCUT2D eigenvalue weighted by Crippen LogP contribution is -2.40. The molecule has 0 radical (unpaired) electrons. The number of carbonyl (C=O) groups is 1. The summed E-state index contributed by atoms with van der Waals surface area (Å²) in [4.78, 5) is 18.3. The van der Waals surface area contributed by atoms with Crippen LogP contribution < -0.4 is 5.32 Å². The molecule has 0 saturated carbocycles. The lowest BCUT2D eigenvalue weighted by Gasteiger charge is -2.21. The molecule has 1 heterocycles. The molecule has 2 amide bonds. The number of carbonyl (C=O) groups excluding carboxylic acids is 1. The number of hydrogen-bond acceptors (Lipinski definition) is 2. The van der Waals surface area contributed by atoms with Gasteiger partial charge in [-0.15, -0.1) is 6.58 Å². The summed E-state index contributed by atoms with van der Waals surface area (Å²) in [5.74, 6) is 0.823. The Balaban J connectivity index is 2.09. The van der Waals surface area contributed by atoms with Crippen molar-refractivity contribution in [3.63, 3.8) is 0 Å². The molecule has 0 aliphatic rings. The molecular weight excluding hydrogens is 324 g/mol. The molecule has 5 nitrogen and oxygen atoms in total. The van der Waals surface area contributed by atoms with E-state index in [2.05, 4.69) is 16.9 Å². The maximum absolute atomic E-state index is 12.2. The Morgan fingerprint density at radius 1 is 1.50 bits per heavy atom. The van der Waals surface area contributed by atoms with Crippen molar-refractivity contribution in [3.8, 4) is 0 Å². The molecule has 2 aromatic rings. The maximum atomic E-state index is 12.2. The van der Waals surface area contributed by atoms with E-state index in [4.69, 9.17) is 11.6 Å². The van der Waals surface area contributed by atoms with Crippen LogP contribution in [0.25, 0.3) is 0 Å². The Morgan fingerprint density at radius 2 is 2.33 bits per heavy atom. The van der Waals surface area contributed by atoms with Crippen LogP contribution in [0.2, 0.25) is 5.02 Å². The van der Waals surface area contributed by atoms with Crippen LogP contribution in [0.15, 0.2) is 49.3 Å². The van der Waals surface area contributed by atoms with Crippen molar-refractivity contribution in [2.75, 3.05) is 13.1 Å². The van der Waals surface area contributed by atoms with Gasteiger partial charge in [0.25, 0.3) is 0 Å². The van der Waals surface area contributed by atoms with Crippen molar-refractivity contribution < 1.29 is 4.79 Å². The number of halogens is 1. The molecule has 1 aromatic carbocycles. The monoisotopic (exact) mass is 346 g/mol. The van der Waals surface area contributed by atoms with E-state index in [0.717, 1.165) is 17.8 Å². The lowest BCUT2D eigenvalue weighted by molar-refractivity contribution is 0.199. The molecule has 6 heteroatoms. The zero-order chi connectivity index (χ0) is 17.4. The molecule has 0 aliphatic carbocycles. The van der Waals surface area contributed by atoms with Gasteiger partial charge in [-0.2, -0.15) is 0 Å². The largest absolute Gasteiger partial charge is 0.338 e. The van der Waals surface area contributed by atoms with Gasteiger partial charge < -0.3 is 14.8 Å². The molecule has 24 heavy (non-hydrogen) atoms. The molecule has 0 atom stereocenters. The average molecular weight is 347 g/mol. The fourth-order valence-corrected chi connectivity index (χ4v) is 2.57. The van der Waals surface area contributed by atoms with Crippen LogP contribution in [-0.4, -0.2) is 33.6 Å². The smallest absolute Gasteiger partial charge is 0.318 e. The van der Waals surface area contributed by atoms with Gasteiger partial charge >= 0.3 is 6.03 Å². The van der Waals surface area contributed by atoms with Crippen LogP contribution in [0.1, 0.15) is 24.7 Å². The first-order chi connectivity index (χ1) is 11.6. The molecule has 0 spiro atoms. The minimum Gasteiger partial charge on any atom is -0.338 e. The molecule has 128 valence electrons. The van der Waals surface area contributed by atoms with Gasteiger partial charge in [-0.05, 0) is 24.1 Å². The lowest BCUT2D eigenvalue weighted by atomic mass is 10.2. The van der Waals surface area contributed by atoms with Crippen LogP contribution >= 0.6 is 11.6 Å². The van der Waals surface area contributed by atoms with E-state index in [0.29, 0.717) is 31.2 Å². The van der Waals surface area contributed by atoms with Crippen molar-refractivity contribution in [2.24, 2.45) is 0 Å². The highest BCUT2D eigenvalue weighted by Gasteiger charge is 2.15. The maximum Gasteiger partial charge on any atom is 0.318 e. The third-order valence-electron chi connectivity index (χ3n) is 3.54. The third-order valence-corrected chi connectivity index (χ3v) is 3.77. The van der Waals surface area contributed by atoms with E-state index in [1.165, 1.54) is 0 Å². The molecule has 2 rings (SSSR count). The van der Waals surface area contributed by atoms with Crippen LogP contribution in [0.3, 0.4) is 0 Å². The molecule has 0 aliphatic heterocycles. The van der Waals surface area contributed by atoms with E-state index in [1.54, 1.807) is 17.2 Å². The first kappa shape index (κ1) is 18.1. The Hall–Kier alpha value is -2.27. The van der Waals surface area contributed by atoms with Crippen molar-refractivity contribution in [1.82, 2.24) is 19.8 Å². The predicted octanol–water partition coefficient (Wildman–Crippen LogP) is 3.69. The van der Waals surface area contributed by atoms with E-state index in [1.807, 2.05) is 42.0 Å². The summed E-state index contributed by atoms with van der Waals surface area (Å²) in [5.41, 5.74) is 1.09. The summed E-state index contributed by atoms with van der Waals surface area (Å²) in [6, 6.07) is 7.63. The number of benzene rings is 1. The van der Waals surface area contributed by atoms with Crippen LogP contribution in [-0.2, 0) is 13.1 Å². The first-order valence-electron chi connectivity index (χ1n) is 8.02. The highest BCUT2D eigenvalue weighted by Crippen LogP contribution is 2.13. The topological polar surface area (TPSA) is 50.2 Å². The quantitative estimate of drug-likeness (QED) is 0.741. The zero-order valence-corrected chi connectivity index (χ0v) is 14.7. The summed E-state index contributed by atoms with van der Waals surface area (Å²) >= 11 is 6.04. The number of nitrogens with zero attached hydrogens (tertiary/aromatic N) is 3. The average Bonchev–Trinajstić information content (AvgIpc) is 2.99. The van der Waals surface area contributed by atoms with E-state index in [9.17, 15) is 4.79 Å².